The number of carbonyl (C=O) groups is 1. The van der Waals surface area contributed by atoms with Crippen molar-refractivity contribution in [2.45, 2.75) is 17.7 Å². The van der Waals surface area contributed by atoms with Crippen LogP contribution in [0.1, 0.15) is 12.2 Å². The van der Waals surface area contributed by atoms with Crippen molar-refractivity contribution in [1.29, 1.82) is 0 Å². The Hall–Kier alpha value is -2.87. The number of aromatic nitrogens is 2. The fourth-order valence-electron chi connectivity index (χ4n) is 2.47. The lowest BCUT2D eigenvalue weighted by Crippen LogP contribution is -2.26. The molecule has 0 aliphatic rings. The second-order valence-electron chi connectivity index (χ2n) is 5.69. The van der Waals surface area contributed by atoms with Crippen LogP contribution in [0.4, 0.5) is 5.69 Å². The fraction of sp³-hybridized carbons (Fsp3) is 0.222. The lowest BCUT2D eigenvalue weighted by Gasteiger charge is -2.04. The number of thioether (sulfide) groups is 1. The molecule has 26 heavy (non-hydrogen) atoms. The zero-order valence-corrected chi connectivity index (χ0v) is 14.8. The first-order valence-corrected chi connectivity index (χ1v) is 9.18. The van der Waals surface area contributed by atoms with Crippen LogP contribution < -0.4 is 5.32 Å². The molecule has 0 saturated carbocycles. The smallest absolute Gasteiger partial charge is 0.269 e. The molecule has 0 aliphatic heterocycles. The molecule has 0 unspecified atom stereocenters. The highest BCUT2D eigenvalue weighted by atomic mass is 32.2. The second-order valence-corrected chi connectivity index (χ2v) is 6.74. The van der Waals surface area contributed by atoms with Crippen molar-refractivity contribution in [2.24, 2.45) is 0 Å². The first kappa shape index (κ1) is 17.9. The number of amides is 1. The summed E-state index contributed by atoms with van der Waals surface area (Å²) >= 11 is 1.35. The number of carbonyl (C=O) groups excluding carboxylic acids is 1. The zero-order valence-electron chi connectivity index (χ0n) is 14.0. The SMILES string of the molecule is O=C(CSc1ccc([N+](=O)[O-])cc1)NCCCc1nc2ccccc2[nH]1. The van der Waals surface area contributed by atoms with Gasteiger partial charge in [0.05, 0.1) is 21.7 Å². The molecule has 1 heterocycles. The summed E-state index contributed by atoms with van der Waals surface area (Å²) < 4.78 is 0. The molecule has 3 aromatic rings. The molecule has 0 spiro atoms. The molecule has 0 fully saturated rings. The third-order valence-electron chi connectivity index (χ3n) is 3.77. The average molecular weight is 370 g/mol. The van der Waals surface area contributed by atoms with E-state index in [0.29, 0.717) is 6.54 Å². The van der Waals surface area contributed by atoms with E-state index in [1.807, 2.05) is 24.3 Å². The average Bonchev–Trinajstić information content (AvgIpc) is 3.06. The van der Waals surface area contributed by atoms with Crippen molar-refractivity contribution in [3.8, 4) is 0 Å². The number of fused-ring (bicyclic) bond motifs is 1. The van der Waals surface area contributed by atoms with Gasteiger partial charge in [-0.05, 0) is 30.7 Å². The summed E-state index contributed by atoms with van der Waals surface area (Å²) in [4.78, 5) is 30.6. The van der Waals surface area contributed by atoms with E-state index in [1.54, 1.807) is 12.1 Å². The van der Waals surface area contributed by atoms with Crippen LogP contribution >= 0.6 is 11.8 Å². The highest BCUT2D eigenvalue weighted by molar-refractivity contribution is 8.00. The Balaban J connectivity index is 1.36. The van der Waals surface area contributed by atoms with Gasteiger partial charge >= 0.3 is 0 Å². The first-order valence-electron chi connectivity index (χ1n) is 8.19. The summed E-state index contributed by atoms with van der Waals surface area (Å²) in [7, 11) is 0. The second kappa shape index (κ2) is 8.48. The summed E-state index contributed by atoms with van der Waals surface area (Å²) in [6.07, 6.45) is 1.57. The molecule has 0 saturated heterocycles. The molecule has 0 radical (unpaired) electrons. The molecule has 1 aromatic heterocycles. The van der Waals surface area contributed by atoms with Crippen LogP contribution in [0.25, 0.3) is 11.0 Å². The summed E-state index contributed by atoms with van der Waals surface area (Å²) in [5.74, 6) is 1.14. The number of H-pyrrole nitrogens is 1. The van der Waals surface area contributed by atoms with Gasteiger partial charge in [-0.1, -0.05) is 12.1 Å². The maximum absolute atomic E-state index is 11.9. The Bertz CT molecular complexity index is 875. The standard InChI is InChI=1S/C18H18N4O3S/c23-18(12-26-14-9-7-13(8-10-14)22(24)25)19-11-3-6-17-20-15-4-1-2-5-16(15)21-17/h1-2,4-5,7-10H,3,6,11-12H2,(H,19,23)(H,20,21). The predicted octanol–water partition coefficient (Wildman–Crippen LogP) is 3.31. The minimum Gasteiger partial charge on any atom is -0.355 e. The number of benzene rings is 2. The Morgan fingerprint density at radius 3 is 2.69 bits per heavy atom. The van der Waals surface area contributed by atoms with Gasteiger partial charge in [0, 0.05) is 30.0 Å². The van der Waals surface area contributed by atoms with Gasteiger partial charge in [0.1, 0.15) is 5.82 Å². The van der Waals surface area contributed by atoms with Crippen molar-refractivity contribution in [3.05, 3.63) is 64.5 Å². The summed E-state index contributed by atoms with van der Waals surface area (Å²) in [6.45, 7) is 0.580. The molecule has 134 valence electrons. The minimum atomic E-state index is -0.441. The van der Waals surface area contributed by atoms with Gasteiger partial charge in [-0.15, -0.1) is 11.8 Å². The monoisotopic (exact) mass is 370 g/mol. The number of non-ortho nitro benzene ring substituents is 1. The number of nitro groups is 1. The van der Waals surface area contributed by atoms with E-state index in [4.69, 9.17) is 0 Å². The number of hydrogen-bond acceptors (Lipinski definition) is 5. The van der Waals surface area contributed by atoms with Crippen molar-refractivity contribution >= 4 is 34.4 Å². The zero-order chi connectivity index (χ0) is 18.4. The maximum Gasteiger partial charge on any atom is 0.269 e. The fourth-order valence-corrected chi connectivity index (χ4v) is 3.20. The normalized spacial score (nSPS) is 10.8. The van der Waals surface area contributed by atoms with Crippen LogP contribution in [0.5, 0.6) is 0 Å². The van der Waals surface area contributed by atoms with Gasteiger partial charge in [0.15, 0.2) is 0 Å². The lowest BCUT2D eigenvalue weighted by molar-refractivity contribution is -0.384. The van der Waals surface area contributed by atoms with E-state index < -0.39 is 4.92 Å². The molecule has 0 bridgehead atoms. The number of hydrogen-bond donors (Lipinski definition) is 2. The molecule has 7 nitrogen and oxygen atoms in total. The highest BCUT2D eigenvalue weighted by Crippen LogP contribution is 2.21. The maximum atomic E-state index is 11.9. The molecule has 2 N–H and O–H groups in total. The number of aromatic amines is 1. The van der Waals surface area contributed by atoms with Crippen LogP contribution in [0.2, 0.25) is 0 Å². The van der Waals surface area contributed by atoms with E-state index >= 15 is 0 Å². The quantitative estimate of drug-likeness (QED) is 0.274. The van der Waals surface area contributed by atoms with Crippen molar-refractivity contribution < 1.29 is 9.72 Å². The van der Waals surface area contributed by atoms with Gasteiger partial charge in [-0.3, -0.25) is 14.9 Å². The molecule has 2 aromatic carbocycles. The Morgan fingerprint density at radius 1 is 1.19 bits per heavy atom. The summed E-state index contributed by atoms with van der Waals surface area (Å²) in [6, 6.07) is 14.1. The van der Waals surface area contributed by atoms with Crippen LogP contribution in [-0.2, 0) is 11.2 Å². The van der Waals surface area contributed by atoms with Crippen molar-refractivity contribution in [1.82, 2.24) is 15.3 Å². The van der Waals surface area contributed by atoms with E-state index in [1.165, 1.54) is 23.9 Å². The molecule has 8 heteroatoms. The Labute approximate surface area is 154 Å². The predicted molar refractivity (Wildman–Crippen MR) is 101 cm³/mol. The molecule has 0 atom stereocenters. The first-order chi connectivity index (χ1) is 12.6. The Kier molecular flexibility index (Phi) is 5.85. The summed E-state index contributed by atoms with van der Waals surface area (Å²) in [5, 5.41) is 13.5. The van der Waals surface area contributed by atoms with Crippen LogP contribution in [0.3, 0.4) is 0 Å². The molecule has 1 amide bonds. The lowest BCUT2D eigenvalue weighted by atomic mass is 10.3. The van der Waals surface area contributed by atoms with Crippen LogP contribution in [0, 0.1) is 10.1 Å². The van der Waals surface area contributed by atoms with Gasteiger partial charge < -0.3 is 10.3 Å². The number of imidazole rings is 1. The number of para-hydroxylation sites is 2. The van der Waals surface area contributed by atoms with Crippen molar-refractivity contribution in [2.75, 3.05) is 12.3 Å². The molecular formula is C18H18N4O3S. The third kappa shape index (κ3) is 4.82. The topological polar surface area (TPSA) is 101 Å². The highest BCUT2D eigenvalue weighted by Gasteiger charge is 2.07. The van der Waals surface area contributed by atoms with Crippen LogP contribution in [-0.4, -0.2) is 33.1 Å². The van der Waals surface area contributed by atoms with Gasteiger partial charge in [0.25, 0.3) is 5.69 Å². The number of aryl methyl sites for hydroxylation is 1. The van der Waals surface area contributed by atoms with Crippen LogP contribution in [0.15, 0.2) is 53.4 Å². The third-order valence-corrected chi connectivity index (χ3v) is 4.78. The number of rotatable bonds is 8. The van der Waals surface area contributed by atoms with E-state index in [-0.39, 0.29) is 17.3 Å². The van der Waals surface area contributed by atoms with Gasteiger partial charge in [-0.2, -0.15) is 0 Å². The molecular weight excluding hydrogens is 352 g/mol. The van der Waals surface area contributed by atoms with Gasteiger partial charge in [0.2, 0.25) is 5.91 Å². The Morgan fingerprint density at radius 2 is 1.96 bits per heavy atom. The molecule has 3 rings (SSSR count). The molecule has 0 aliphatic carbocycles. The number of nitrogens with zero attached hydrogens (tertiary/aromatic N) is 2. The largest absolute Gasteiger partial charge is 0.355 e. The van der Waals surface area contributed by atoms with Crippen molar-refractivity contribution in [3.63, 3.8) is 0 Å². The number of nitrogens with one attached hydrogen (secondary N) is 2. The van der Waals surface area contributed by atoms with Gasteiger partial charge in [-0.25, -0.2) is 4.98 Å². The van der Waals surface area contributed by atoms with E-state index in [0.717, 1.165) is 34.6 Å². The van der Waals surface area contributed by atoms with E-state index in [2.05, 4.69) is 15.3 Å². The minimum absolute atomic E-state index is 0.0457. The number of nitro benzene ring substituents is 1. The van der Waals surface area contributed by atoms with E-state index in [9.17, 15) is 14.9 Å². The summed E-state index contributed by atoms with van der Waals surface area (Å²) in [5.41, 5.74) is 2.02.